The third-order valence-corrected chi connectivity index (χ3v) is 2.71. The Morgan fingerprint density at radius 3 is 3.06 bits per heavy atom. The SMILES string of the molecule is Cn1nccc1CNC(=O)c1cc(Cl)ncc1N. The van der Waals surface area contributed by atoms with E-state index in [0.29, 0.717) is 17.8 Å². The lowest BCUT2D eigenvalue weighted by molar-refractivity contribution is 0.0951. The van der Waals surface area contributed by atoms with Crippen LogP contribution in [-0.4, -0.2) is 20.7 Å². The van der Waals surface area contributed by atoms with Gasteiger partial charge in [-0.15, -0.1) is 0 Å². The molecular formula is C11H12ClN5O. The van der Waals surface area contributed by atoms with E-state index in [1.54, 1.807) is 17.9 Å². The molecule has 0 spiro atoms. The van der Waals surface area contributed by atoms with Crippen molar-refractivity contribution in [2.75, 3.05) is 5.73 Å². The summed E-state index contributed by atoms with van der Waals surface area (Å²) < 4.78 is 1.68. The van der Waals surface area contributed by atoms with Crippen molar-refractivity contribution in [3.8, 4) is 0 Å². The van der Waals surface area contributed by atoms with E-state index in [9.17, 15) is 4.79 Å². The minimum atomic E-state index is -0.294. The van der Waals surface area contributed by atoms with Gasteiger partial charge >= 0.3 is 0 Å². The molecule has 3 N–H and O–H groups in total. The van der Waals surface area contributed by atoms with E-state index in [2.05, 4.69) is 15.4 Å². The van der Waals surface area contributed by atoms with Crippen LogP contribution in [0.2, 0.25) is 5.15 Å². The highest BCUT2D eigenvalue weighted by molar-refractivity contribution is 6.29. The number of carbonyl (C=O) groups excluding carboxylic acids is 1. The van der Waals surface area contributed by atoms with Crippen molar-refractivity contribution in [3.63, 3.8) is 0 Å². The number of aryl methyl sites for hydroxylation is 1. The monoisotopic (exact) mass is 265 g/mol. The summed E-state index contributed by atoms with van der Waals surface area (Å²) >= 11 is 5.73. The maximum atomic E-state index is 11.9. The normalized spacial score (nSPS) is 10.3. The molecule has 18 heavy (non-hydrogen) atoms. The number of hydrogen-bond acceptors (Lipinski definition) is 4. The number of halogens is 1. The van der Waals surface area contributed by atoms with Gasteiger partial charge in [-0.05, 0) is 12.1 Å². The second-order valence-electron chi connectivity index (χ2n) is 3.72. The highest BCUT2D eigenvalue weighted by Gasteiger charge is 2.11. The van der Waals surface area contributed by atoms with E-state index < -0.39 is 0 Å². The van der Waals surface area contributed by atoms with E-state index in [1.807, 2.05) is 6.07 Å². The second-order valence-corrected chi connectivity index (χ2v) is 4.11. The molecule has 0 unspecified atom stereocenters. The van der Waals surface area contributed by atoms with Gasteiger partial charge in [0.15, 0.2) is 0 Å². The molecule has 0 fully saturated rings. The Labute approximate surface area is 109 Å². The zero-order valence-electron chi connectivity index (χ0n) is 9.72. The molecule has 7 heteroatoms. The van der Waals surface area contributed by atoms with Gasteiger partial charge in [0, 0.05) is 13.2 Å². The van der Waals surface area contributed by atoms with Gasteiger partial charge in [-0.3, -0.25) is 9.48 Å². The summed E-state index contributed by atoms with van der Waals surface area (Å²) in [7, 11) is 1.80. The molecule has 0 atom stereocenters. The zero-order chi connectivity index (χ0) is 13.1. The van der Waals surface area contributed by atoms with Crippen LogP contribution in [0.25, 0.3) is 0 Å². The van der Waals surface area contributed by atoms with Crippen molar-refractivity contribution >= 4 is 23.2 Å². The number of amides is 1. The highest BCUT2D eigenvalue weighted by atomic mass is 35.5. The summed E-state index contributed by atoms with van der Waals surface area (Å²) in [6, 6.07) is 3.26. The molecule has 1 amide bonds. The zero-order valence-corrected chi connectivity index (χ0v) is 10.5. The predicted molar refractivity (Wildman–Crippen MR) is 68.0 cm³/mol. The highest BCUT2D eigenvalue weighted by Crippen LogP contribution is 2.14. The fourth-order valence-electron chi connectivity index (χ4n) is 1.48. The largest absolute Gasteiger partial charge is 0.397 e. The molecule has 0 aliphatic rings. The van der Waals surface area contributed by atoms with Crippen LogP contribution >= 0.6 is 11.6 Å². The summed E-state index contributed by atoms with van der Waals surface area (Å²) in [5.74, 6) is -0.294. The van der Waals surface area contributed by atoms with Crippen LogP contribution in [0.4, 0.5) is 5.69 Å². The van der Waals surface area contributed by atoms with Crippen LogP contribution in [-0.2, 0) is 13.6 Å². The van der Waals surface area contributed by atoms with Gasteiger partial charge < -0.3 is 11.1 Å². The average Bonchev–Trinajstić information content (AvgIpc) is 2.75. The summed E-state index contributed by atoms with van der Waals surface area (Å²) in [6.45, 7) is 0.370. The molecule has 6 nitrogen and oxygen atoms in total. The Kier molecular flexibility index (Phi) is 3.47. The first-order chi connectivity index (χ1) is 8.58. The number of nitrogen functional groups attached to an aromatic ring is 1. The molecule has 2 aromatic rings. The molecule has 0 aliphatic carbocycles. The fraction of sp³-hybridized carbons (Fsp3) is 0.182. The summed E-state index contributed by atoms with van der Waals surface area (Å²) in [5.41, 5.74) is 7.17. The van der Waals surface area contributed by atoms with Gasteiger partial charge in [-0.25, -0.2) is 4.98 Å². The lowest BCUT2D eigenvalue weighted by Crippen LogP contribution is -2.25. The Bertz CT molecular complexity index is 581. The first-order valence-electron chi connectivity index (χ1n) is 5.24. The topological polar surface area (TPSA) is 85.8 Å². The molecule has 2 rings (SSSR count). The van der Waals surface area contributed by atoms with Crippen LogP contribution < -0.4 is 11.1 Å². The maximum absolute atomic E-state index is 11.9. The van der Waals surface area contributed by atoms with E-state index in [-0.39, 0.29) is 11.1 Å². The number of rotatable bonds is 3. The number of nitrogens with zero attached hydrogens (tertiary/aromatic N) is 3. The van der Waals surface area contributed by atoms with Gasteiger partial charge in [0.05, 0.1) is 29.7 Å². The van der Waals surface area contributed by atoms with Crippen LogP contribution in [0.3, 0.4) is 0 Å². The average molecular weight is 266 g/mol. The van der Waals surface area contributed by atoms with Crippen LogP contribution in [0, 0.1) is 0 Å². The van der Waals surface area contributed by atoms with Crippen LogP contribution in [0.15, 0.2) is 24.5 Å². The second kappa shape index (κ2) is 5.05. The molecule has 2 heterocycles. The number of pyridine rings is 1. The lowest BCUT2D eigenvalue weighted by Gasteiger charge is -2.07. The Morgan fingerprint density at radius 1 is 1.61 bits per heavy atom. The van der Waals surface area contributed by atoms with E-state index in [1.165, 1.54) is 12.3 Å². The third-order valence-electron chi connectivity index (χ3n) is 2.50. The number of nitrogens with two attached hydrogens (primary N) is 1. The summed E-state index contributed by atoms with van der Waals surface area (Å²) in [6.07, 6.45) is 3.03. The summed E-state index contributed by atoms with van der Waals surface area (Å²) in [5, 5.41) is 6.98. The lowest BCUT2D eigenvalue weighted by atomic mass is 10.2. The Morgan fingerprint density at radius 2 is 2.39 bits per heavy atom. The fourth-order valence-corrected chi connectivity index (χ4v) is 1.64. The quantitative estimate of drug-likeness (QED) is 0.810. The number of carbonyl (C=O) groups is 1. The van der Waals surface area contributed by atoms with Crippen molar-refractivity contribution in [2.24, 2.45) is 7.05 Å². The summed E-state index contributed by atoms with van der Waals surface area (Å²) in [4.78, 5) is 15.7. The van der Waals surface area contributed by atoms with E-state index in [0.717, 1.165) is 5.69 Å². The van der Waals surface area contributed by atoms with Gasteiger partial charge in [0.2, 0.25) is 0 Å². The minimum absolute atomic E-state index is 0.231. The Hall–Kier alpha value is -2.08. The number of aromatic nitrogens is 3. The molecule has 0 aliphatic heterocycles. The first-order valence-corrected chi connectivity index (χ1v) is 5.62. The van der Waals surface area contributed by atoms with E-state index in [4.69, 9.17) is 17.3 Å². The molecule has 94 valence electrons. The van der Waals surface area contributed by atoms with Crippen molar-refractivity contribution in [2.45, 2.75) is 6.54 Å². The minimum Gasteiger partial charge on any atom is -0.397 e. The van der Waals surface area contributed by atoms with Gasteiger partial charge in [0.1, 0.15) is 5.15 Å². The number of anilines is 1. The van der Waals surface area contributed by atoms with Crippen molar-refractivity contribution in [3.05, 3.63) is 40.9 Å². The molecule has 0 bridgehead atoms. The predicted octanol–water partition coefficient (Wildman–Crippen LogP) is 0.981. The molecule has 0 saturated carbocycles. The van der Waals surface area contributed by atoms with Gasteiger partial charge in [0.25, 0.3) is 5.91 Å². The van der Waals surface area contributed by atoms with Crippen molar-refractivity contribution in [1.29, 1.82) is 0 Å². The third kappa shape index (κ3) is 2.60. The maximum Gasteiger partial charge on any atom is 0.253 e. The smallest absolute Gasteiger partial charge is 0.253 e. The Balaban J connectivity index is 2.08. The first kappa shape index (κ1) is 12.4. The molecular weight excluding hydrogens is 254 g/mol. The van der Waals surface area contributed by atoms with Gasteiger partial charge in [-0.1, -0.05) is 11.6 Å². The van der Waals surface area contributed by atoms with E-state index >= 15 is 0 Å². The number of nitrogens with one attached hydrogen (secondary N) is 1. The molecule has 0 radical (unpaired) electrons. The van der Waals surface area contributed by atoms with Gasteiger partial charge in [-0.2, -0.15) is 5.10 Å². The van der Waals surface area contributed by atoms with Crippen LogP contribution in [0.1, 0.15) is 16.1 Å². The molecule has 0 saturated heterocycles. The number of hydrogen-bond donors (Lipinski definition) is 2. The molecule has 0 aromatic carbocycles. The molecule has 2 aromatic heterocycles. The standard InChI is InChI=1S/C11H12ClN5O/c1-17-7(2-3-16-17)5-15-11(18)8-4-10(12)14-6-9(8)13/h2-4,6H,5,13H2,1H3,(H,15,18). The van der Waals surface area contributed by atoms with Crippen molar-refractivity contribution < 1.29 is 4.79 Å². The van der Waals surface area contributed by atoms with Crippen LogP contribution in [0.5, 0.6) is 0 Å². The van der Waals surface area contributed by atoms with Crippen molar-refractivity contribution in [1.82, 2.24) is 20.1 Å².